The molecule has 0 aromatic heterocycles. The third-order valence-electron chi connectivity index (χ3n) is 3.34. The van der Waals surface area contributed by atoms with Crippen LogP contribution < -0.4 is 0 Å². The van der Waals surface area contributed by atoms with Gasteiger partial charge in [-0.1, -0.05) is 12.5 Å². The van der Waals surface area contributed by atoms with Crippen LogP contribution in [0.25, 0.3) is 0 Å². The summed E-state index contributed by atoms with van der Waals surface area (Å²) in [6.45, 7) is 3.78. The van der Waals surface area contributed by atoms with Crippen LogP contribution in [0.2, 0.25) is 0 Å². The molecule has 0 fully saturated rings. The van der Waals surface area contributed by atoms with E-state index in [1.807, 2.05) is 13.8 Å². The Morgan fingerprint density at radius 1 is 1.43 bits per heavy atom. The minimum atomic E-state index is -0.793. The Kier molecular flexibility index (Phi) is 4.14. The zero-order chi connectivity index (χ0) is 10.6. The van der Waals surface area contributed by atoms with Crippen molar-refractivity contribution in [1.29, 1.82) is 0 Å². The lowest BCUT2D eigenvalue weighted by Gasteiger charge is -2.32. The summed E-state index contributed by atoms with van der Waals surface area (Å²) in [5.41, 5.74) is 0.364. The van der Waals surface area contributed by atoms with Gasteiger partial charge in [-0.15, -0.1) is 0 Å². The van der Waals surface area contributed by atoms with Gasteiger partial charge < -0.3 is 9.84 Å². The van der Waals surface area contributed by atoms with Crippen molar-refractivity contribution < 1.29 is 9.84 Å². The summed E-state index contributed by atoms with van der Waals surface area (Å²) in [7, 11) is 1.65. The molecule has 1 rings (SSSR count). The first-order valence-corrected chi connectivity index (χ1v) is 5.53. The molecule has 2 nitrogen and oxygen atoms in total. The zero-order valence-electron chi connectivity index (χ0n) is 9.55. The molecule has 2 heteroatoms. The molecule has 1 N–H and O–H groups in total. The summed E-state index contributed by atoms with van der Waals surface area (Å²) < 4.78 is 5.22. The largest absolute Gasteiger partial charge is 0.383 e. The SMILES string of the molecule is COC(C)C(C)(O)C1=CCCCCC1. The van der Waals surface area contributed by atoms with Crippen molar-refractivity contribution >= 4 is 0 Å². The average molecular weight is 198 g/mol. The highest BCUT2D eigenvalue weighted by Gasteiger charge is 2.32. The number of ether oxygens (including phenoxy) is 1. The smallest absolute Gasteiger partial charge is 0.109 e. The molecule has 0 heterocycles. The summed E-state index contributed by atoms with van der Waals surface area (Å²) in [5, 5.41) is 10.3. The summed E-state index contributed by atoms with van der Waals surface area (Å²) in [6.07, 6.45) is 7.90. The van der Waals surface area contributed by atoms with E-state index in [1.165, 1.54) is 19.3 Å². The first-order valence-electron chi connectivity index (χ1n) is 5.53. The number of hydrogen-bond acceptors (Lipinski definition) is 2. The van der Waals surface area contributed by atoms with Gasteiger partial charge in [0.05, 0.1) is 6.10 Å². The van der Waals surface area contributed by atoms with Crippen LogP contribution in [0.15, 0.2) is 11.6 Å². The van der Waals surface area contributed by atoms with Crippen LogP contribution in [0, 0.1) is 0 Å². The highest BCUT2D eigenvalue weighted by Crippen LogP contribution is 2.29. The number of rotatable bonds is 3. The van der Waals surface area contributed by atoms with E-state index in [4.69, 9.17) is 4.74 Å². The second-order valence-corrected chi connectivity index (χ2v) is 4.35. The van der Waals surface area contributed by atoms with Gasteiger partial charge in [-0.3, -0.25) is 0 Å². The molecular formula is C12H22O2. The minimum Gasteiger partial charge on any atom is -0.383 e. The van der Waals surface area contributed by atoms with Crippen molar-refractivity contribution in [3.05, 3.63) is 11.6 Å². The molecule has 14 heavy (non-hydrogen) atoms. The Labute approximate surface area is 87.0 Å². The van der Waals surface area contributed by atoms with Gasteiger partial charge in [0.1, 0.15) is 5.60 Å². The van der Waals surface area contributed by atoms with E-state index in [2.05, 4.69) is 6.08 Å². The van der Waals surface area contributed by atoms with E-state index in [1.54, 1.807) is 7.11 Å². The van der Waals surface area contributed by atoms with Gasteiger partial charge >= 0.3 is 0 Å². The van der Waals surface area contributed by atoms with Crippen molar-refractivity contribution in [3.8, 4) is 0 Å². The normalized spacial score (nSPS) is 24.7. The fourth-order valence-corrected chi connectivity index (χ4v) is 1.97. The lowest BCUT2D eigenvalue weighted by Crippen LogP contribution is -2.40. The quantitative estimate of drug-likeness (QED) is 0.706. The molecule has 2 unspecified atom stereocenters. The first-order chi connectivity index (χ1) is 6.59. The van der Waals surface area contributed by atoms with Crippen LogP contribution in [0.5, 0.6) is 0 Å². The highest BCUT2D eigenvalue weighted by molar-refractivity contribution is 5.18. The second-order valence-electron chi connectivity index (χ2n) is 4.35. The number of aliphatic hydroxyl groups is 1. The molecule has 0 aliphatic heterocycles. The monoisotopic (exact) mass is 198 g/mol. The van der Waals surface area contributed by atoms with Crippen LogP contribution >= 0.6 is 0 Å². The van der Waals surface area contributed by atoms with Crippen molar-refractivity contribution in [2.45, 2.75) is 57.7 Å². The molecule has 0 saturated heterocycles. The van der Waals surface area contributed by atoms with Crippen LogP contribution in [0.4, 0.5) is 0 Å². The van der Waals surface area contributed by atoms with Crippen molar-refractivity contribution in [1.82, 2.24) is 0 Å². The molecule has 0 aromatic rings. The molecule has 0 radical (unpaired) electrons. The summed E-state index contributed by atoms with van der Waals surface area (Å²) in [6, 6.07) is 0. The maximum absolute atomic E-state index is 10.3. The lowest BCUT2D eigenvalue weighted by molar-refractivity contribution is -0.0495. The minimum absolute atomic E-state index is 0.133. The first kappa shape index (κ1) is 11.7. The van der Waals surface area contributed by atoms with Crippen molar-refractivity contribution in [2.24, 2.45) is 0 Å². The average Bonchev–Trinajstić information content (AvgIpc) is 2.44. The Hall–Kier alpha value is -0.340. The standard InChI is InChI=1S/C12H22O2/c1-10(14-3)12(2,13)11-8-6-4-5-7-9-11/h8,10,13H,4-7,9H2,1-3H3. The molecule has 0 amide bonds. The molecule has 1 aliphatic rings. The molecule has 0 saturated carbocycles. The van der Waals surface area contributed by atoms with Crippen LogP contribution in [0.1, 0.15) is 46.0 Å². The van der Waals surface area contributed by atoms with Crippen molar-refractivity contribution in [2.75, 3.05) is 7.11 Å². The Morgan fingerprint density at radius 3 is 2.79 bits per heavy atom. The fraction of sp³-hybridized carbons (Fsp3) is 0.833. The second kappa shape index (κ2) is 4.94. The molecular weight excluding hydrogens is 176 g/mol. The predicted octanol–water partition coefficient (Wildman–Crippen LogP) is 2.66. The Balaban J connectivity index is 2.73. The highest BCUT2D eigenvalue weighted by atomic mass is 16.5. The van der Waals surface area contributed by atoms with Crippen LogP contribution in [0.3, 0.4) is 0 Å². The number of hydrogen-bond donors (Lipinski definition) is 1. The molecule has 0 spiro atoms. The van der Waals surface area contributed by atoms with Gasteiger partial charge in [-0.2, -0.15) is 0 Å². The summed E-state index contributed by atoms with van der Waals surface area (Å²) in [5.74, 6) is 0. The van der Waals surface area contributed by atoms with Gasteiger partial charge in [0.25, 0.3) is 0 Å². The molecule has 0 bridgehead atoms. The van der Waals surface area contributed by atoms with Gasteiger partial charge in [0, 0.05) is 7.11 Å². The van der Waals surface area contributed by atoms with E-state index in [0.717, 1.165) is 18.4 Å². The third-order valence-corrected chi connectivity index (χ3v) is 3.34. The van der Waals surface area contributed by atoms with E-state index in [9.17, 15) is 5.11 Å². The molecule has 2 atom stereocenters. The van der Waals surface area contributed by atoms with Crippen molar-refractivity contribution in [3.63, 3.8) is 0 Å². The zero-order valence-corrected chi connectivity index (χ0v) is 9.55. The number of methoxy groups -OCH3 is 1. The van der Waals surface area contributed by atoms with Gasteiger partial charge in [-0.25, -0.2) is 0 Å². The summed E-state index contributed by atoms with van der Waals surface area (Å²) in [4.78, 5) is 0. The van der Waals surface area contributed by atoms with Gasteiger partial charge in [0.2, 0.25) is 0 Å². The van der Waals surface area contributed by atoms with Crippen LogP contribution in [-0.2, 0) is 4.74 Å². The summed E-state index contributed by atoms with van der Waals surface area (Å²) >= 11 is 0. The molecule has 1 aliphatic carbocycles. The topological polar surface area (TPSA) is 29.5 Å². The van der Waals surface area contributed by atoms with E-state index >= 15 is 0 Å². The number of allylic oxidation sites excluding steroid dienone is 1. The van der Waals surface area contributed by atoms with E-state index in [-0.39, 0.29) is 6.10 Å². The fourth-order valence-electron chi connectivity index (χ4n) is 1.97. The van der Waals surface area contributed by atoms with E-state index < -0.39 is 5.60 Å². The predicted molar refractivity (Wildman–Crippen MR) is 58.3 cm³/mol. The third kappa shape index (κ3) is 2.58. The van der Waals surface area contributed by atoms with Crippen LogP contribution in [-0.4, -0.2) is 23.9 Å². The molecule has 0 aromatic carbocycles. The maximum atomic E-state index is 10.3. The maximum Gasteiger partial charge on any atom is 0.109 e. The van der Waals surface area contributed by atoms with Gasteiger partial charge in [-0.05, 0) is 45.1 Å². The molecule has 82 valence electrons. The Bertz CT molecular complexity index is 206. The lowest BCUT2D eigenvalue weighted by atomic mass is 9.87. The van der Waals surface area contributed by atoms with Gasteiger partial charge in [0.15, 0.2) is 0 Å². The Morgan fingerprint density at radius 2 is 2.14 bits per heavy atom. The van der Waals surface area contributed by atoms with E-state index in [0.29, 0.717) is 0 Å².